The molecule has 0 bridgehead atoms. The molecule has 1 amide bonds. The van der Waals surface area contributed by atoms with Gasteiger partial charge in [-0.1, -0.05) is 0 Å². The zero-order chi connectivity index (χ0) is 12.7. The lowest BCUT2D eigenvalue weighted by Gasteiger charge is -2.07. The van der Waals surface area contributed by atoms with Crippen molar-refractivity contribution in [3.05, 3.63) is 23.8 Å². The van der Waals surface area contributed by atoms with Crippen molar-refractivity contribution in [1.29, 1.82) is 0 Å². The van der Waals surface area contributed by atoms with Crippen LogP contribution < -0.4 is 10.6 Å². The third-order valence-corrected chi connectivity index (χ3v) is 2.04. The first-order valence-corrected chi connectivity index (χ1v) is 5.55. The van der Waals surface area contributed by atoms with Gasteiger partial charge in [0, 0.05) is 25.8 Å². The quantitative estimate of drug-likeness (QED) is 0.581. The summed E-state index contributed by atoms with van der Waals surface area (Å²) in [7, 11) is 0. The SMILES string of the molecule is Cc1cnc(C(=O)NCCNCC(C)O)cn1. The summed E-state index contributed by atoms with van der Waals surface area (Å²) in [4.78, 5) is 19.5. The molecule has 1 aromatic rings. The molecule has 0 radical (unpaired) electrons. The van der Waals surface area contributed by atoms with E-state index in [0.717, 1.165) is 5.69 Å². The molecule has 0 saturated heterocycles. The van der Waals surface area contributed by atoms with Crippen LogP contribution in [0.1, 0.15) is 23.1 Å². The van der Waals surface area contributed by atoms with Gasteiger partial charge in [0.15, 0.2) is 0 Å². The Labute approximate surface area is 100 Å². The van der Waals surface area contributed by atoms with Crippen LogP contribution in [0.25, 0.3) is 0 Å². The molecule has 1 unspecified atom stereocenters. The Morgan fingerprint density at radius 1 is 1.41 bits per heavy atom. The fourth-order valence-corrected chi connectivity index (χ4v) is 1.18. The highest BCUT2D eigenvalue weighted by Crippen LogP contribution is 1.93. The van der Waals surface area contributed by atoms with Gasteiger partial charge in [0.05, 0.1) is 18.0 Å². The second-order valence-electron chi connectivity index (χ2n) is 3.85. The molecule has 3 N–H and O–H groups in total. The summed E-state index contributed by atoms with van der Waals surface area (Å²) in [6, 6.07) is 0. The second-order valence-corrected chi connectivity index (χ2v) is 3.85. The number of nitrogens with one attached hydrogen (secondary N) is 2. The zero-order valence-electron chi connectivity index (χ0n) is 10.1. The zero-order valence-corrected chi connectivity index (χ0v) is 10.1. The lowest BCUT2D eigenvalue weighted by atomic mass is 10.4. The van der Waals surface area contributed by atoms with E-state index in [0.29, 0.717) is 25.3 Å². The van der Waals surface area contributed by atoms with Crippen LogP contribution in [0.15, 0.2) is 12.4 Å². The van der Waals surface area contributed by atoms with Crippen LogP contribution in [0.4, 0.5) is 0 Å². The molecule has 0 aliphatic rings. The first kappa shape index (κ1) is 13.5. The largest absolute Gasteiger partial charge is 0.392 e. The summed E-state index contributed by atoms with van der Waals surface area (Å²) in [5.41, 5.74) is 1.09. The fourth-order valence-electron chi connectivity index (χ4n) is 1.18. The number of aliphatic hydroxyl groups is 1. The molecule has 0 spiro atoms. The molecule has 0 aliphatic carbocycles. The number of aromatic nitrogens is 2. The predicted octanol–water partition coefficient (Wildman–Crippen LogP) is -0.515. The van der Waals surface area contributed by atoms with Gasteiger partial charge >= 0.3 is 0 Å². The maximum absolute atomic E-state index is 11.6. The molecule has 1 rings (SSSR count). The summed E-state index contributed by atoms with van der Waals surface area (Å²) in [5, 5.41) is 14.7. The molecule has 94 valence electrons. The van der Waals surface area contributed by atoms with Crippen molar-refractivity contribution < 1.29 is 9.90 Å². The molecular weight excluding hydrogens is 220 g/mol. The topological polar surface area (TPSA) is 87.1 Å². The van der Waals surface area contributed by atoms with E-state index in [9.17, 15) is 4.79 Å². The number of nitrogens with zero attached hydrogens (tertiary/aromatic N) is 2. The Morgan fingerprint density at radius 2 is 2.18 bits per heavy atom. The minimum atomic E-state index is -0.381. The molecule has 1 heterocycles. The third kappa shape index (κ3) is 5.37. The van der Waals surface area contributed by atoms with Gasteiger partial charge < -0.3 is 15.7 Å². The molecule has 0 fully saturated rings. The number of hydrogen-bond acceptors (Lipinski definition) is 5. The average Bonchev–Trinajstić information content (AvgIpc) is 2.29. The fraction of sp³-hybridized carbons (Fsp3) is 0.545. The van der Waals surface area contributed by atoms with Crippen LogP contribution in [0.5, 0.6) is 0 Å². The second kappa shape index (κ2) is 6.93. The van der Waals surface area contributed by atoms with Crippen LogP contribution >= 0.6 is 0 Å². The van der Waals surface area contributed by atoms with Gasteiger partial charge in [-0.2, -0.15) is 0 Å². The number of rotatable bonds is 6. The van der Waals surface area contributed by atoms with E-state index >= 15 is 0 Å². The number of amides is 1. The van der Waals surface area contributed by atoms with Gasteiger partial charge in [0.1, 0.15) is 5.69 Å². The average molecular weight is 238 g/mol. The maximum Gasteiger partial charge on any atom is 0.271 e. The Bertz CT molecular complexity index is 351. The predicted molar refractivity (Wildman–Crippen MR) is 63.7 cm³/mol. The van der Waals surface area contributed by atoms with E-state index in [2.05, 4.69) is 20.6 Å². The van der Waals surface area contributed by atoms with Crippen molar-refractivity contribution in [3.8, 4) is 0 Å². The highest BCUT2D eigenvalue weighted by molar-refractivity contribution is 5.91. The Hall–Kier alpha value is -1.53. The minimum Gasteiger partial charge on any atom is -0.392 e. The number of aryl methyl sites for hydroxylation is 1. The number of carbonyl (C=O) groups is 1. The number of carbonyl (C=O) groups excluding carboxylic acids is 1. The van der Waals surface area contributed by atoms with E-state index in [4.69, 9.17) is 5.11 Å². The lowest BCUT2D eigenvalue weighted by molar-refractivity contribution is 0.0948. The Kier molecular flexibility index (Phi) is 5.51. The van der Waals surface area contributed by atoms with Crippen molar-refractivity contribution in [2.24, 2.45) is 0 Å². The highest BCUT2D eigenvalue weighted by atomic mass is 16.3. The molecular formula is C11H18N4O2. The van der Waals surface area contributed by atoms with E-state index in [1.807, 2.05) is 6.92 Å². The van der Waals surface area contributed by atoms with Crippen LogP contribution in [-0.4, -0.2) is 46.7 Å². The number of hydrogen-bond donors (Lipinski definition) is 3. The van der Waals surface area contributed by atoms with E-state index in [1.54, 1.807) is 13.1 Å². The lowest BCUT2D eigenvalue weighted by Crippen LogP contribution is -2.34. The summed E-state index contributed by atoms with van der Waals surface area (Å²) < 4.78 is 0. The highest BCUT2D eigenvalue weighted by Gasteiger charge is 2.05. The molecule has 1 atom stereocenters. The van der Waals surface area contributed by atoms with Gasteiger partial charge in [-0.05, 0) is 13.8 Å². The van der Waals surface area contributed by atoms with Crippen LogP contribution in [-0.2, 0) is 0 Å². The van der Waals surface area contributed by atoms with Gasteiger partial charge in [0.2, 0.25) is 0 Å². The first-order valence-electron chi connectivity index (χ1n) is 5.55. The number of aliphatic hydroxyl groups excluding tert-OH is 1. The maximum atomic E-state index is 11.6. The van der Waals surface area contributed by atoms with Crippen molar-refractivity contribution in [3.63, 3.8) is 0 Å². The molecule has 0 saturated carbocycles. The van der Waals surface area contributed by atoms with Gasteiger partial charge in [0.25, 0.3) is 5.91 Å². The van der Waals surface area contributed by atoms with Gasteiger partial charge in [-0.3, -0.25) is 9.78 Å². The van der Waals surface area contributed by atoms with Gasteiger partial charge in [-0.25, -0.2) is 4.98 Å². The Morgan fingerprint density at radius 3 is 2.76 bits per heavy atom. The van der Waals surface area contributed by atoms with Crippen LogP contribution in [0.3, 0.4) is 0 Å². The standard InChI is InChI=1S/C11H18N4O2/c1-8-5-15-10(7-14-8)11(17)13-4-3-12-6-9(2)16/h5,7,9,12,16H,3-4,6H2,1-2H3,(H,13,17). The van der Waals surface area contributed by atoms with Crippen LogP contribution in [0.2, 0.25) is 0 Å². The van der Waals surface area contributed by atoms with Crippen molar-refractivity contribution >= 4 is 5.91 Å². The molecule has 6 nitrogen and oxygen atoms in total. The summed E-state index contributed by atoms with van der Waals surface area (Å²) in [5.74, 6) is -0.239. The normalized spacial score (nSPS) is 12.2. The van der Waals surface area contributed by atoms with Crippen molar-refractivity contribution in [1.82, 2.24) is 20.6 Å². The van der Waals surface area contributed by atoms with E-state index in [1.165, 1.54) is 6.20 Å². The van der Waals surface area contributed by atoms with Gasteiger partial charge in [-0.15, -0.1) is 0 Å². The molecule has 1 aromatic heterocycles. The van der Waals surface area contributed by atoms with Crippen molar-refractivity contribution in [2.45, 2.75) is 20.0 Å². The van der Waals surface area contributed by atoms with Crippen LogP contribution in [0, 0.1) is 6.92 Å². The smallest absolute Gasteiger partial charge is 0.271 e. The summed E-state index contributed by atoms with van der Waals surface area (Å²) in [6.07, 6.45) is 2.63. The molecule has 0 aliphatic heterocycles. The van der Waals surface area contributed by atoms with Crippen molar-refractivity contribution in [2.75, 3.05) is 19.6 Å². The molecule has 0 aromatic carbocycles. The molecule has 17 heavy (non-hydrogen) atoms. The Balaban J connectivity index is 2.23. The monoisotopic (exact) mass is 238 g/mol. The van der Waals surface area contributed by atoms with E-state index < -0.39 is 0 Å². The first-order chi connectivity index (χ1) is 8.09. The third-order valence-electron chi connectivity index (χ3n) is 2.04. The summed E-state index contributed by atoms with van der Waals surface area (Å²) in [6.45, 7) is 5.12. The summed E-state index contributed by atoms with van der Waals surface area (Å²) >= 11 is 0. The molecule has 6 heteroatoms. The van der Waals surface area contributed by atoms with E-state index in [-0.39, 0.29) is 12.0 Å². The minimum absolute atomic E-state index is 0.239.